The first kappa shape index (κ1) is 32.4. The van der Waals surface area contributed by atoms with Gasteiger partial charge in [0.05, 0.1) is 23.1 Å². The molecule has 2 aliphatic rings. The minimum Gasteiger partial charge on any atom is -0.484 e. The number of carbonyl (C=O) groups excluding carboxylic acids is 2. The van der Waals surface area contributed by atoms with Gasteiger partial charge >= 0.3 is 6.09 Å². The molecule has 3 aromatic rings. The van der Waals surface area contributed by atoms with Crippen molar-refractivity contribution in [3.63, 3.8) is 0 Å². The van der Waals surface area contributed by atoms with E-state index in [4.69, 9.17) is 25.8 Å². The van der Waals surface area contributed by atoms with Crippen molar-refractivity contribution in [2.24, 2.45) is 0 Å². The molecule has 2 aromatic carbocycles. The van der Waals surface area contributed by atoms with Crippen LogP contribution in [0.4, 0.5) is 10.6 Å². The van der Waals surface area contributed by atoms with Gasteiger partial charge in [0.25, 0.3) is 0 Å². The van der Waals surface area contributed by atoms with Gasteiger partial charge in [0.2, 0.25) is 15.9 Å². The van der Waals surface area contributed by atoms with E-state index in [1.54, 1.807) is 75.5 Å². The van der Waals surface area contributed by atoms with Crippen molar-refractivity contribution in [1.29, 1.82) is 0 Å². The van der Waals surface area contributed by atoms with Crippen molar-refractivity contribution in [2.45, 2.75) is 50.3 Å². The second-order valence-electron chi connectivity index (χ2n) is 11.6. The van der Waals surface area contributed by atoms with Crippen molar-refractivity contribution in [3.8, 4) is 16.9 Å². The number of sulfonamides is 1. The number of rotatable bonds is 8. The molecule has 2 aliphatic heterocycles. The number of fused-ring (bicyclic) bond motifs is 1. The lowest BCUT2D eigenvalue weighted by molar-refractivity contribution is -0.116. The highest BCUT2D eigenvalue weighted by Crippen LogP contribution is 2.41. The van der Waals surface area contributed by atoms with Gasteiger partial charge < -0.3 is 19.5 Å². The molecule has 2 amide bonds. The minimum absolute atomic E-state index is 0.207. The minimum atomic E-state index is -3.74. The lowest BCUT2D eigenvalue weighted by Gasteiger charge is -2.27. The molecule has 0 bridgehead atoms. The van der Waals surface area contributed by atoms with E-state index in [0.29, 0.717) is 60.4 Å². The molecule has 0 aliphatic carbocycles. The summed E-state index contributed by atoms with van der Waals surface area (Å²) < 4.78 is 45.0. The fourth-order valence-electron chi connectivity index (χ4n) is 4.92. The van der Waals surface area contributed by atoms with E-state index in [0.717, 1.165) is 11.1 Å². The standard InChI is InChI=1S/C32H35ClN4O7S/c1-32(2,3)44-31(39)36-28-10-8-21(19-34-28)20-35-29(38)11-9-24-17-23-16-22(18-26(33)30(23)43-24)25-6-4-5-7-27(25)45(40,41)37-12-14-42-15-13-37/h4-11,16,18-19,24H,12-15,17,20H2,1-3H3,(H,35,38)(H,34,36,39). The van der Waals surface area contributed by atoms with Crippen LogP contribution in [0.25, 0.3) is 11.1 Å². The number of carbonyl (C=O) groups is 2. The summed E-state index contributed by atoms with van der Waals surface area (Å²) in [6.07, 6.45) is 4.05. The molecule has 1 unspecified atom stereocenters. The number of anilines is 1. The molecular formula is C32H35ClN4O7S. The fraction of sp³-hybridized carbons (Fsp3) is 0.344. The molecule has 1 atom stereocenters. The molecular weight excluding hydrogens is 620 g/mol. The molecule has 1 saturated heterocycles. The number of halogens is 1. The molecule has 238 valence electrons. The zero-order valence-corrected chi connectivity index (χ0v) is 26.8. The van der Waals surface area contributed by atoms with Gasteiger partial charge in [0, 0.05) is 49.5 Å². The maximum Gasteiger partial charge on any atom is 0.413 e. The third-order valence-corrected chi connectivity index (χ3v) is 9.22. The maximum atomic E-state index is 13.5. The fourth-order valence-corrected chi connectivity index (χ4v) is 6.82. The number of nitrogens with zero attached hydrogens (tertiary/aromatic N) is 2. The number of amides is 2. The summed E-state index contributed by atoms with van der Waals surface area (Å²) in [5.74, 6) is 0.524. The van der Waals surface area contributed by atoms with Gasteiger partial charge in [0.1, 0.15) is 23.3 Å². The van der Waals surface area contributed by atoms with Crippen LogP contribution >= 0.6 is 11.6 Å². The van der Waals surface area contributed by atoms with Gasteiger partial charge in [0.15, 0.2) is 0 Å². The molecule has 45 heavy (non-hydrogen) atoms. The number of hydrogen-bond acceptors (Lipinski definition) is 8. The molecule has 1 fully saturated rings. The number of ether oxygens (including phenoxy) is 3. The lowest BCUT2D eigenvalue weighted by atomic mass is 10.0. The number of aromatic nitrogens is 1. The van der Waals surface area contributed by atoms with Gasteiger partial charge in [-0.05, 0) is 62.2 Å². The Morgan fingerprint density at radius 3 is 2.60 bits per heavy atom. The SMILES string of the molecule is CC(C)(C)OC(=O)Nc1ccc(CNC(=O)C=CC2Cc3cc(-c4ccccc4S(=O)(=O)N4CCOCC4)cc(Cl)c3O2)cn1. The predicted octanol–water partition coefficient (Wildman–Crippen LogP) is 4.95. The van der Waals surface area contributed by atoms with Crippen LogP contribution in [-0.4, -0.2) is 67.7 Å². The average Bonchev–Trinajstić information content (AvgIpc) is 3.43. The number of benzene rings is 2. The second kappa shape index (κ2) is 13.6. The summed E-state index contributed by atoms with van der Waals surface area (Å²) in [6.45, 7) is 6.86. The second-order valence-corrected chi connectivity index (χ2v) is 13.9. The van der Waals surface area contributed by atoms with Gasteiger partial charge in [-0.15, -0.1) is 0 Å². The first-order valence-corrected chi connectivity index (χ1v) is 16.3. The summed E-state index contributed by atoms with van der Waals surface area (Å²) in [5, 5.41) is 5.72. The van der Waals surface area contributed by atoms with E-state index in [1.807, 2.05) is 6.07 Å². The van der Waals surface area contributed by atoms with Crippen LogP contribution in [0.15, 0.2) is 71.8 Å². The van der Waals surface area contributed by atoms with Crippen LogP contribution in [0.1, 0.15) is 31.9 Å². The molecule has 1 aromatic heterocycles. The highest BCUT2D eigenvalue weighted by molar-refractivity contribution is 7.89. The molecule has 0 saturated carbocycles. The van der Waals surface area contributed by atoms with Gasteiger partial charge in [-0.2, -0.15) is 4.31 Å². The monoisotopic (exact) mass is 654 g/mol. The van der Waals surface area contributed by atoms with Crippen molar-refractivity contribution >= 4 is 39.4 Å². The summed E-state index contributed by atoms with van der Waals surface area (Å²) in [7, 11) is -3.74. The molecule has 5 rings (SSSR count). The van der Waals surface area contributed by atoms with Crippen LogP contribution < -0.4 is 15.4 Å². The molecule has 2 N–H and O–H groups in total. The van der Waals surface area contributed by atoms with E-state index in [-0.39, 0.29) is 17.3 Å². The molecule has 13 heteroatoms. The zero-order valence-electron chi connectivity index (χ0n) is 25.2. The Labute approximate surface area is 267 Å². The highest BCUT2D eigenvalue weighted by atomic mass is 35.5. The van der Waals surface area contributed by atoms with Crippen molar-refractivity contribution in [1.82, 2.24) is 14.6 Å². The smallest absolute Gasteiger partial charge is 0.413 e. The van der Waals surface area contributed by atoms with E-state index in [2.05, 4.69) is 15.6 Å². The third kappa shape index (κ3) is 8.20. The first-order chi connectivity index (χ1) is 21.4. The van der Waals surface area contributed by atoms with Crippen LogP contribution in [0.5, 0.6) is 5.75 Å². The van der Waals surface area contributed by atoms with Crippen LogP contribution in [0.3, 0.4) is 0 Å². The summed E-state index contributed by atoms with van der Waals surface area (Å²) in [6, 6.07) is 13.8. The Morgan fingerprint density at radius 1 is 1.13 bits per heavy atom. The normalized spacial score (nSPS) is 17.0. The van der Waals surface area contributed by atoms with E-state index in [1.165, 1.54) is 10.4 Å². The first-order valence-electron chi connectivity index (χ1n) is 14.5. The summed E-state index contributed by atoms with van der Waals surface area (Å²) >= 11 is 6.61. The molecule has 11 nitrogen and oxygen atoms in total. The van der Waals surface area contributed by atoms with Crippen LogP contribution in [0.2, 0.25) is 5.02 Å². The Hall–Kier alpha value is -3.97. The van der Waals surface area contributed by atoms with Crippen molar-refractivity contribution in [2.75, 3.05) is 31.6 Å². The van der Waals surface area contributed by atoms with Gasteiger partial charge in [-0.1, -0.05) is 35.9 Å². The van der Waals surface area contributed by atoms with E-state index < -0.39 is 27.8 Å². The lowest BCUT2D eigenvalue weighted by Crippen LogP contribution is -2.40. The Balaban J connectivity index is 1.19. The van der Waals surface area contributed by atoms with Gasteiger partial charge in [-0.25, -0.2) is 18.2 Å². The molecule has 0 spiro atoms. The Morgan fingerprint density at radius 2 is 1.89 bits per heavy atom. The van der Waals surface area contributed by atoms with E-state index >= 15 is 0 Å². The predicted molar refractivity (Wildman–Crippen MR) is 170 cm³/mol. The maximum absolute atomic E-state index is 13.5. The van der Waals surface area contributed by atoms with E-state index in [9.17, 15) is 18.0 Å². The van der Waals surface area contributed by atoms with Crippen LogP contribution in [0, 0.1) is 0 Å². The zero-order chi connectivity index (χ0) is 32.2. The number of pyridine rings is 1. The summed E-state index contributed by atoms with van der Waals surface area (Å²) in [5.41, 5.74) is 2.15. The third-order valence-electron chi connectivity index (χ3n) is 6.98. The van der Waals surface area contributed by atoms with Gasteiger partial charge in [-0.3, -0.25) is 10.1 Å². The van der Waals surface area contributed by atoms with Crippen molar-refractivity contribution < 1.29 is 32.2 Å². The summed E-state index contributed by atoms with van der Waals surface area (Å²) in [4.78, 5) is 28.8. The topological polar surface area (TPSA) is 136 Å². The average molecular weight is 655 g/mol. The number of nitrogens with one attached hydrogen (secondary N) is 2. The van der Waals surface area contributed by atoms with Crippen molar-refractivity contribution in [3.05, 3.63) is 83.0 Å². The number of hydrogen-bond donors (Lipinski definition) is 2. The molecule has 0 radical (unpaired) electrons. The van der Waals surface area contributed by atoms with Crippen LogP contribution in [-0.2, 0) is 37.3 Å². The Bertz CT molecular complexity index is 1700. The molecule has 3 heterocycles. The largest absolute Gasteiger partial charge is 0.484 e. The number of morpholine rings is 1. The highest BCUT2D eigenvalue weighted by Gasteiger charge is 2.30. The Kier molecular flexibility index (Phi) is 9.78. The quantitative estimate of drug-likeness (QED) is 0.326.